The number of fused-ring (bicyclic) bond motifs is 2. The monoisotopic (exact) mass is 295 g/mol. The molecule has 3 aromatic heterocycles. The van der Waals surface area contributed by atoms with Crippen LogP contribution in [0, 0.1) is 0 Å². The molecule has 0 aliphatic carbocycles. The maximum absolute atomic E-state index is 4.57. The summed E-state index contributed by atoms with van der Waals surface area (Å²) in [6.45, 7) is 0.782. The molecule has 3 heterocycles. The second-order valence-corrected chi connectivity index (χ2v) is 5.65. The van der Waals surface area contributed by atoms with Gasteiger partial charge in [0.25, 0.3) is 0 Å². The van der Waals surface area contributed by atoms with Gasteiger partial charge in [-0.25, -0.2) is 15.0 Å². The molecule has 0 fully saturated rings. The highest BCUT2D eigenvalue weighted by atomic mass is 32.1. The lowest BCUT2D eigenvalue weighted by atomic mass is 10.3. The van der Waals surface area contributed by atoms with Crippen LogP contribution in [0.25, 0.3) is 21.3 Å². The SMILES string of the molecule is c1ccc2[nH]c(CCNc3ncnc4ccsc34)nc2c1. The van der Waals surface area contributed by atoms with E-state index in [4.69, 9.17) is 0 Å². The van der Waals surface area contributed by atoms with Crippen molar-refractivity contribution in [2.75, 3.05) is 11.9 Å². The molecule has 0 aliphatic heterocycles. The third-order valence-electron chi connectivity index (χ3n) is 3.34. The Bertz CT molecular complexity index is 862. The highest BCUT2D eigenvalue weighted by Gasteiger charge is 2.05. The third kappa shape index (κ3) is 2.34. The van der Waals surface area contributed by atoms with Crippen molar-refractivity contribution >= 4 is 38.4 Å². The van der Waals surface area contributed by atoms with Crippen LogP contribution >= 0.6 is 11.3 Å². The lowest BCUT2D eigenvalue weighted by Gasteiger charge is -2.04. The summed E-state index contributed by atoms with van der Waals surface area (Å²) in [4.78, 5) is 16.5. The van der Waals surface area contributed by atoms with Gasteiger partial charge in [-0.3, -0.25) is 0 Å². The Morgan fingerprint density at radius 2 is 2.05 bits per heavy atom. The highest BCUT2D eigenvalue weighted by Crippen LogP contribution is 2.24. The second-order valence-electron chi connectivity index (χ2n) is 4.73. The number of imidazole rings is 1. The second kappa shape index (κ2) is 5.14. The molecule has 5 nitrogen and oxygen atoms in total. The zero-order valence-electron chi connectivity index (χ0n) is 11.2. The van der Waals surface area contributed by atoms with Crippen LogP contribution in [0.5, 0.6) is 0 Å². The van der Waals surface area contributed by atoms with Gasteiger partial charge in [-0.2, -0.15) is 0 Å². The number of nitrogens with one attached hydrogen (secondary N) is 2. The smallest absolute Gasteiger partial charge is 0.147 e. The Morgan fingerprint density at radius 1 is 1.10 bits per heavy atom. The summed E-state index contributed by atoms with van der Waals surface area (Å²) < 4.78 is 1.10. The summed E-state index contributed by atoms with van der Waals surface area (Å²) in [5, 5.41) is 5.40. The van der Waals surface area contributed by atoms with Crippen LogP contribution in [-0.4, -0.2) is 26.5 Å². The molecule has 4 aromatic rings. The number of anilines is 1. The number of hydrogen-bond donors (Lipinski definition) is 2. The van der Waals surface area contributed by atoms with Crippen LogP contribution in [0.2, 0.25) is 0 Å². The van der Waals surface area contributed by atoms with E-state index in [0.717, 1.165) is 45.9 Å². The van der Waals surface area contributed by atoms with Gasteiger partial charge in [0.2, 0.25) is 0 Å². The fourth-order valence-electron chi connectivity index (χ4n) is 2.34. The summed E-state index contributed by atoms with van der Waals surface area (Å²) in [5.41, 5.74) is 3.08. The maximum atomic E-state index is 4.57. The zero-order chi connectivity index (χ0) is 14.1. The van der Waals surface area contributed by atoms with Crippen LogP contribution in [0.1, 0.15) is 5.82 Å². The predicted molar refractivity (Wildman–Crippen MR) is 85.7 cm³/mol. The van der Waals surface area contributed by atoms with E-state index in [-0.39, 0.29) is 0 Å². The number of thiophene rings is 1. The van der Waals surface area contributed by atoms with E-state index in [1.54, 1.807) is 17.7 Å². The van der Waals surface area contributed by atoms with Gasteiger partial charge in [0.1, 0.15) is 18.0 Å². The molecular formula is C15H13N5S. The summed E-state index contributed by atoms with van der Waals surface area (Å²) in [5.74, 6) is 1.88. The Morgan fingerprint density at radius 3 is 3.00 bits per heavy atom. The first-order chi connectivity index (χ1) is 10.4. The number of benzene rings is 1. The fraction of sp³-hybridized carbons (Fsp3) is 0.133. The van der Waals surface area contributed by atoms with E-state index in [0.29, 0.717) is 0 Å². The molecule has 0 bridgehead atoms. The summed E-state index contributed by atoms with van der Waals surface area (Å²) >= 11 is 1.65. The lowest BCUT2D eigenvalue weighted by molar-refractivity contribution is 0.929. The van der Waals surface area contributed by atoms with Crippen molar-refractivity contribution in [3.05, 3.63) is 47.9 Å². The summed E-state index contributed by atoms with van der Waals surface area (Å²) in [6, 6.07) is 10.1. The van der Waals surface area contributed by atoms with Crippen molar-refractivity contribution < 1.29 is 0 Å². The fourth-order valence-corrected chi connectivity index (χ4v) is 3.15. The number of hydrogen-bond acceptors (Lipinski definition) is 5. The van der Waals surface area contributed by atoms with Crippen molar-refractivity contribution in [1.29, 1.82) is 0 Å². The molecule has 21 heavy (non-hydrogen) atoms. The molecule has 0 spiro atoms. The Kier molecular flexibility index (Phi) is 3.01. The van der Waals surface area contributed by atoms with E-state index >= 15 is 0 Å². The molecule has 0 amide bonds. The quantitative estimate of drug-likeness (QED) is 0.606. The number of para-hydroxylation sites is 2. The van der Waals surface area contributed by atoms with Crippen LogP contribution in [0.15, 0.2) is 42.0 Å². The van der Waals surface area contributed by atoms with Crippen LogP contribution in [0.3, 0.4) is 0 Å². The molecule has 1 aromatic carbocycles. The molecule has 2 N–H and O–H groups in total. The van der Waals surface area contributed by atoms with Crippen molar-refractivity contribution in [3.63, 3.8) is 0 Å². The van der Waals surface area contributed by atoms with Crippen LogP contribution in [0.4, 0.5) is 5.82 Å². The van der Waals surface area contributed by atoms with Gasteiger partial charge < -0.3 is 10.3 Å². The zero-order valence-corrected chi connectivity index (χ0v) is 12.0. The maximum Gasteiger partial charge on any atom is 0.147 e. The van der Waals surface area contributed by atoms with E-state index < -0.39 is 0 Å². The standard InChI is InChI=1S/C15H13N5S/c1-2-4-11-10(3-1)19-13(20-11)5-7-16-15-14-12(6-8-21-14)17-9-18-15/h1-4,6,8-9H,5,7H2,(H,19,20)(H,16,17,18). The van der Waals surface area contributed by atoms with E-state index in [9.17, 15) is 0 Å². The molecular weight excluding hydrogens is 282 g/mol. The minimum Gasteiger partial charge on any atom is -0.368 e. The number of aromatic nitrogens is 4. The minimum absolute atomic E-state index is 0.782. The molecule has 104 valence electrons. The van der Waals surface area contributed by atoms with Gasteiger partial charge in [0.15, 0.2) is 0 Å². The molecule has 0 aliphatic rings. The lowest BCUT2D eigenvalue weighted by Crippen LogP contribution is -2.07. The van der Waals surface area contributed by atoms with Crippen molar-refractivity contribution in [2.24, 2.45) is 0 Å². The first-order valence-electron chi connectivity index (χ1n) is 6.76. The van der Waals surface area contributed by atoms with Gasteiger partial charge in [0.05, 0.1) is 21.3 Å². The van der Waals surface area contributed by atoms with Crippen molar-refractivity contribution in [2.45, 2.75) is 6.42 Å². The first kappa shape index (κ1) is 12.3. The molecule has 0 unspecified atom stereocenters. The molecule has 6 heteroatoms. The number of H-pyrrole nitrogens is 1. The van der Waals surface area contributed by atoms with E-state index in [1.807, 2.05) is 35.7 Å². The first-order valence-corrected chi connectivity index (χ1v) is 7.64. The van der Waals surface area contributed by atoms with Gasteiger partial charge in [-0.05, 0) is 23.6 Å². The van der Waals surface area contributed by atoms with Crippen LogP contribution in [-0.2, 0) is 6.42 Å². The van der Waals surface area contributed by atoms with E-state index in [1.165, 1.54) is 0 Å². The Balaban J connectivity index is 1.48. The topological polar surface area (TPSA) is 66.5 Å². The Hall–Kier alpha value is -2.47. The molecule has 0 radical (unpaired) electrons. The molecule has 0 atom stereocenters. The summed E-state index contributed by atoms with van der Waals surface area (Å²) in [6.07, 6.45) is 2.42. The van der Waals surface area contributed by atoms with Crippen molar-refractivity contribution in [3.8, 4) is 0 Å². The van der Waals surface area contributed by atoms with Gasteiger partial charge >= 0.3 is 0 Å². The minimum atomic E-state index is 0.782. The number of rotatable bonds is 4. The van der Waals surface area contributed by atoms with Crippen molar-refractivity contribution in [1.82, 2.24) is 19.9 Å². The molecule has 0 saturated carbocycles. The largest absolute Gasteiger partial charge is 0.368 e. The van der Waals surface area contributed by atoms with Gasteiger partial charge in [-0.1, -0.05) is 12.1 Å². The number of nitrogens with zero attached hydrogens (tertiary/aromatic N) is 3. The number of aromatic amines is 1. The van der Waals surface area contributed by atoms with Gasteiger partial charge in [0, 0.05) is 13.0 Å². The third-order valence-corrected chi connectivity index (χ3v) is 4.25. The van der Waals surface area contributed by atoms with Crippen LogP contribution < -0.4 is 5.32 Å². The highest BCUT2D eigenvalue weighted by molar-refractivity contribution is 7.17. The average Bonchev–Trinajstić information content (AvgIpc) is 3.13. The van der Waals surface area contributed by atoms with Gasteiger partial charge in [-0.15, -0.1) is 11.3 Å². The predicted octanol–water partition coefficient (Wildman–Crippen LogP) is 3.22. The average molecular weight is 295 g/mol. The normalized spacial score (nSPS) is 11.2. The summed E-state index contributed by atoms with van der Waals surface area (Å²) in [7, 11) is 0. The van der Waals surface area contributed by atoms with E-state index in [2.05, 4.69) is 25.3 Å². The molecule has 0 saturated heterocycles. The molecule has 4 rings (SSSR count). The Labute approximate surface area is 125 Å².